The Morgan fingerprint density at radius 3 is 1.09 bits per heavy atom. The number of hydrogen-bond acceptors (Lipinski definition) is 0. The first kappa shape index (κ1) is 23.4. The van der Waals surface area contributed by atoms with Crippen molar-refractivity contribution < 1.29 is 0 Å². The first-order chi connectivity index (χ1) is 22.8. The molecule has 0 amide bonds. The largest absolute Gasteiger partial charge is 0.0616 e. The van der Waals surface area contributed by atoms with Crippen molar-refractivity contribution >= 4 is 75.4 Å². The summed E-state index contributed by atoms with van der Waals surface area (Å²) in [6.07, 6.45) is 0. The molecule has 12 rings (SSSR count). The lowest BCUT2D eigenvalue weighted by molar-refractivity contribution is 1.74. The van der Waals surface area contributed by atoms with Crippen LogP contribution in [0, 0.1) is 0 Å². The molecule has 0 nitrogen and oxygen atoms in total. The Labute approximate surface area is 264 Å². The van der Waals surface area contributed by atoms with Gasteiger partial charge >= 0.3 is 0 Å². The summed E-state index contributed by atoms with van der Waals surface area (Å²) in [6, 6.07) is 55.3. The molecule has 0 unspecified atom stereocenters. The normalized spacial score (nSPS) is 12.8. The van der Waals surface area contributed by atoms with Gasteiger partial charge in [-0.05, 0) is 156 Å². The summed E-state index contributed by atoms with van der Waals surface area (Å²) >= 11 is 0. The number of fused-ring (bicyclic) bond motifs is 15. The van der Waals surface area contributed by atoms with Crippen molar-refractivity contribution in [3.63, 3.8) is 0 Å². The van der Waals surface area contributed by atoms with Crippen molar-refractivity contribution in [2.24, 2.45) is 0 Å². The highest BCUT2D eigenvalue weighted by atomic mass is 14.3. The van der Waals surface area contributed by atoms with Crippen molar-refractivity contribution in [2.75, 3.05) is 0 Å². The molecule has 2 aliphatic carbocycles. The van der Waals surface area contributed by atoms with E-state index in [0.717, 1.165) is 0 Å². The third kappa shape index (κ3) is 2.74. The fraction of sp³-hybridized carbons (Fsp3) is 0. The topological polar surface area (TPSA) is 0 Å². The van der Waals surface area contributed by atoms with E-state index < -0.39 is 0 Å². The summed E-state index contributed by atoms with van der Waals surface area (Å²) in [5, 5.41) is 18.6. The minimum absolute atomic E-state index is 1.30. The lowest BCUT2D eigenvalue weighted by Gasteiger charge is -2.12. The number of hydrogen-bond donors (Lipinski definition) is 0. The molecular formula is C46H24. The summed E-state index contributed by atoms with van der Waals surface area (Å²) in [7, 11) is 0. The SMILES string of the molecule is c1ccc2c(c1)cc1c3c(cccc32)-c2cc3ccc4c5cc6c(cc5ccc4c3cc2-1)-c1cccc2c1c-6cc1ccccc12. The Hall–Kier alpha value is -5.98. The summed E-state index contributed by atoms with van der Waals surface area (Å²) < 4.78 is 0. The van der Waals surface area contributed by atoms with Gasteiger partial charge in [-0.3, -0.25) is 0 Å². The maximum atomic E-state index is 2.47. The molecule has 10 aromatic carbocycles. The molecule has 2 aliphatic rings. The zero-order valence-corrected chi connectivity index (χ0v) is 24.9. The van der Waals surface area contributed by atoms with Gasteiger partial charge in [0.25, 0.3) is 0 Å². The van der Waals surface area contributed by atoms with Crippen LogP contribution in [-0.2, 0) is 0 Å². The van der Waals surface area contributed by atoms with Crippen LogP contribution >= 0.6 is 0 Å². The second-order valence-corrected chi connectivity index (χ2v) is 13.2. The maximum Gasteiger partial charge on any atom is -0.00199 e. The van der Waals surface area contributed by atoms with Crippen molar-refractivity contribution in [1.82, 2.24) is 0 Å². The number of rotatable bonds is 0. The lowest BCUT2D eigenvalue weighted by atomic mass is 9.91. The Kier molecular flexibility index (Phi) is 4.07. The zero-order valence-electron chi connectivity index (χ0n) is 24.9. The molecule has 0 bridgehead atoms. The van der Waals surface area contributed by atoms with E-state index in [1.54, 1.807) is 0 Å². The van der Waals surface area contributed by atoms with Gasteiger partial charge in [-0.25, -0.2) is 0 Å². The second-order valence-electron chi connectivity index (χ2n) is 13.2. The third-order valence-corrected chi connectivity index (χ3v) is 11.0. The van der Waals surface area contributed by atoms with Gasteiger partial charge in [0, 0.05) is 0 Å². The van der Waals surface area contributed by atoms with E-state index in [-0.39, 0.29) is 0 Å². The van der Waals surface area contributed by atoms with Crippen LogP contribution in [0.1, 0.15) is 0 Å². The van der Waals surface area contributed by atoms with Crippen molar-refractivity contribution in [3.8, 4) is 44.5 Å². The molecule has 0 heteroatoms. The molecule has 0 N–H and O–H groups in total. The Bertz CT molecular complexity index is 2860. The molecular weight excluding hydrogens is 553 g/mol. The molecule has 0 spiro atoms. The van der Waals surface area contributed by atoms with Crippen LogP contribution in [0.5, 0.6) is 0 Å². The van der Waals surface area contributed by atoms with Crippen LogP contribution in [0.2, 0.25) is 0 Å². The highest BCUT2D eigenvalue weighted by Crippen LogP contribution is 2.53. The molecule has 0 atom stereocenters. The average Bonchev–Trinajstić information content (AvgIpc) is 3.59. The molecule has 46 heavy (non-hydrogen) atoms. The van der Waals surface area contributed by atoms with E-state index in [0.29, 0.717) is 0 Å². The van der Waals surface area contributed by atoms with Crippen LogP contribution in [0.15, 0.2) is 146 Å². The molecule has 0 heterocycles. The third-order valence-electron chi connectivity index (χ3n) is 11.0. The molecule has 0 saturated carbocycles. The fourth-order valence-corrected chi connectivity index (χ4v) is 9.06. The standard InChI is InChI=1S/C46H24/c1-3-9-29-25(7-1)21-43-41-23-37-27(19-39(41)35-13-5-11-33(29)45(35)43)15-18-32-31(37)17-16-28-20-40-36-14-6-12-34-30-10-4-2-8-26(30)22-44(46(34)36)42(40)24-38(28)32/h1-24H. The van der Waals surface area contributed by atoms with Gasteiger partial charge in [-0.2, -0.15) is 0 Å². The summed E-state index contributed by atoms with van der Waals surface area (Å²) in [4.78, 5) is 0. The van der Waals surface area contributed by atoms with Gasteiger partial charge in [0.2, 0.25) is 0 Å². The monoisotopic (exact) mass is 576 g/mol. The average molecular weight is 577 g/mol. The summed E-state index contributed by atoms with van der Waals surface area (Å²) in [5.74, 6) is 0. The van der Waals surface area contributed by atoms with Crippen molar-refractivity contribution in [1.29, 1.82) is 0 Å². The molecule has 0 aliphatic heterocycles. The van der Waals surface area contributed by atoms with Crippen molar-refractivity contribution in [3.05, 3.63) is 146 Å². The van der Waals surface area contributed by atoms with Gasteiger partial charge in [0.1, 0.15) is 0 Å². The lowest BCUT2D eigenvalue weighted by Crippen LogP contribution is -1.85. The van der Waals surface area contributed by atoms with Crippen LogP contribution in [0.25, 0.3) is 120 Å². The predicted octanol–water partition coefficient (Wildman–Crippen LogP) is 13.1. The van der Waals surface area contributed by atoms with Gasteiger partial charge in [-0.1, -0.05) is 109 Å². The Balaban J connectivity index is 1.14. The molecule has 0 aromatic heterocycles. The van der Waals surface area contributed by atoms with E-state index in [2.05, 4.69) is 146 Å². The van der Waals surface area contributed by atoms with E-state index in [9.17, 15) is 0 Å². The highest BCUT2D eigenvalue weighted by Gasteiger charge is 2.26. The van der Waals surface area contributed by atoms with Gasteiger partial charge in [0.15, 0.2) is 0 Å². The summed E-state index contributed by atoms with van der Waals surface area (Å²) in [6.45, 7) is 0. The van der Waals surface area contributed by atoms with Crippen LogP contribution in [0.4, 0.5) is 0 Å². The van der Waals surface area contributed by atoms with Crippen LogP contribution in [0.3, 0.4) is 0 Å². The highest BCUT2D eigenvalue weighted by molar-refractivity contribution is 6.28. The minimum Gasteiger partial charge on any atom is -0.0616 e. The van der Waals surface area contributed by atoms with E-state index >= 15 is 0 Å². The molecule has 0 fully saturated rings. The predicted molar refractivity (Wildman–Crippen MR) is 198 cm³/mol. The number of benzene rings is 10. The zero-order chi connectivity index (χ0) is 29.7. The molecule has 10 aromatic rings. The van der Waals surface area contributed by atoms with Crippen LogP contribution in [-0.4, -0.2) is 0 Å². The van der Waals surface area contributed by atoms with Gasteiger partial charge in [-0.15, -0.1) is 0 Å². The van der Waals surface area contributed by atoms with Gasteiger partial charge < -0.3 is 0 Å². The Morgan fingerprint density at radius 2 is 0.587 bits per heavy atom. The van der Waals surface area contributed by atoms with Crippen molar-refractivity contribution in [2.45, 2.75) is 0 Å². The molecule has 208 valence electrons. The second kappa shape index (κ2) is 7.99. The molecule has 0 radical (unpaired) electrons. The smallest absolute Gasteiger partial charge is 0.00199 e. The fourth-order valence-electron chi connectivity index (χ4n) is 9.06. The Morgan fingerprint density at radius 1 is 0.196 bits per heavy atom. The summed E-state index contributed by atoms with van der Waals surface area (Å²) in [5.41, 5.74) is 10.8. The molecule has 0 saturated heterocycles. The van der Waals surface area contributed by atoms with Gasteiger partial charge in [0.05, 0.1) is 0 Å². The first-order valence-corrected chi connectivity index (χ1v) is 16.2. The van der Waals surface area contributed by atoms with E-state index in [1.165, 1.54) is 120 Å². The quantitative estimate of drug-likeness (QED) is 0.158. The minimum atomic E-state index is 1.30. The van der Waals surface area contributed by atoms with E-state index in [1.807, 2.05) is 0 Å². The van der Waals surface area contributed by atoms with Crippen LogP contribution < -0.4 is 0 Å². The van der Waals surface area contributed by atoms with E-state index in [4.69, 9.17) is 0 Å². The first-order valence-electron chi connectivity index (χ1n) is 16.2. The maximum absolute atomic E-state index is 2.47.